The van der Waals surface area contributed by atoms with Crippen molar-refractivity contribution in [3.05, 3.63) is 42.4 Å². The quantitative estimate of drug-likeness (QED) is 0.754. The summed E-state index contributed by atoms with van der Waals surface area (Å²) in [4.78, 5) is 15.4. The third kappa shape index (κ3) is 1.88. The summed E-state index contributed by atoms with van der Waals surface area (Å²) in [5.74, 6) is 0.104. The summed E-state index contributed by atoms with van der Waals surface area (Å²) < 4.78 is 2.22. The first-order valence-corrected chi connectivity index (χ1v) is 5.89. The molecule has 0 saturated heterocycles. The number of carbonyl (C=O) groups excluding carboxylic acids is 1. The summed E-state index contributed by atoms with van der Waals surface area (Å²) in [6.07, 6.45) is 6.27. The molecular weight excluding hydrogens is 212 g/mol. The lowest BCUT2D eigenvalue weighted by Gasteiger charge is -2.06. The van der Waals surface area contributed by atoms with E-state index in [9.17, 15) is 4.79 Å². The van der Waals surface area contributed by atoms with Gasteiger partial charge in [-0.1, -0.05) is 24.3 Å². The molecule has 1 aliphatic rings. The van der Waals surface area contributed by atoms with E-state index < -0.39 is 0 Å². The van der Waals surface area contributed by atoms with Crippen LogP contribution in [0.1, 0.15) is 36.2 Å². The number of imidazole rings is 1. The molecule has 1 fully saturated rings. The third-order valence-corrected chi connectivity index (χ3v) is 3.19. The van der Waals surface area contributed by atoms with Crippen LogP contribution < -0.4 is 0 Å². The zero-order valence-corrected chi connectivity index (χ0v) is 9.76. The summed E-state index contributed by atoms with van der Waals surface area (Å²) in [5, 5.41) is 0. The van der Waals surface area contributed by atoms with E-state index in [4.69, 9.17) is 0 Å². The number of aromatic nitrogens is 2. The van der Waals surface area contributed by atoms with Crippen molar-refractivity contribution < 1.29 is 4.79 Å². The van der Waals surface area contributed by atoms with E-state index in [1.807, 2.05) is 36.8 Å². The number of hydrogen-bond donors (Lipinski definition) is 0. The second kappa shape index (κ2) is 3.84. The fourth-order valence-corrected chi connectivity index (χ4v) is 2.05. The zero-order chi connectivity index (χ0) is 11.8. The Morgan fingerprint density at radius 2 is 2.00 bits per heavy atom. The lowest BCUT2D eigenvalue weighted by molar-refractivity contribution is 0.101. The van der Waals surface area contributed by atoms with Gasteiger partial charge < -0.3 is 4.57 Å². The topological polar surface area (TPSA) is 34.9 Å². The molecule has 0 radical (unpaired) electrons. The SMILES string of the molecule is CC(=O)c1ccc(-c2cncn2C2CC2)cc1. The van der Waals surface area contributed by atoms with E-state index >= 15 is 0 Å². The molecule has 1 aromatic carbocycles. The van der Waals surface area contributed by atoms with Crippen molar-refractivity contribution in [1.29, 1.82) is 0 Å². The van der Waals surface area contributed by atoms with Crippen LogP contribution in [0.2, 0.25) is 0 Å². The molecule has 1 aromatic heterocycles. The van der Waals surface area contributed by atoms with Gasteiger partial charge in [-0.05, 0) is 25.3 Å². The highest BCUT2D eigenvalue weighted by molar-refractivity contribution is 5.94. The molecule has 1 heterocycles. The number of hydrogen-bond acceptors (Lipinski definition) is 2. The highest BCUT2D eigenvalue weighted by Crippen LogP contribution is 2.38. The molecular formula is C14H14N2O. The fraction of sp³-hybridized carbons (Fsp3) is 0.286. The summed E-state index contributed by atoms with van der Waals surface area (Å²) in [6.45, 7) is 1.59. The van der Waals surface area contributed by atoms with Gasteiger partial charge in [0.25, 0.3) is 0 Å². The molecule has 1 saturated carbocycles. The van der Waals surface area contributed by atoms with Crippen LogP contribution in [-0.2, 0) is 0 Å². The molecule has 0 spiro atoms. The van der Waals surface area contributed by atoms with Gasteiger partial charge in [0.05, 0.1) is 18.2 Å². The standard InChI is InChI=1S/C14H14N2O/c1-10(17)11-2-4-12(5-3-11)14-8-15-9-16(14)13-6-7-13/h2-5,8-9,13H,6-7H2,1H3. The monoisotopic (exact) mass is 226 g/mol. The molecule has 0 N–H and O–H groups in total. The van der Waals surface area contributed by atoms with Crippen LogP contribution in [0.15, 0.2) is 36.8 Å². The number of carbonyl (C=O) groups is 1. The fourth-order valence-electron chi connectivity index (χ4n) is 2.05. The Morgan fingerprint density at radius 3 is 2.59 bits per heavy atom. The van der Waals surface area contributed by atoms with Crippen LogP contribution in [0.3, 0.4) is 0 Å². The maximum atomic E-state index is 11.2. The number of Topliss-reactive ketones (excluding diaryl/α,β-unsaturated/α-hetero) is 1. The van der Waals surface area contributed by atoms with Crippen LogP contribution in [0.4, 0.5) is 0 Å². The minimum absolute atomic E-state index is 0.104. The molecule has 0 aliphatic heterocycles. The molecule has 2 aromatic rings. The summed E-state index contributed by atoms with van der Waals surface area (Å²) in [6, 6.07) is 8.36. The first-order chi connectivity index (χ1) is 8.25. The van der Waals surface area contributed by atoms with Crippen molar-refractivity contribution in [3.8, 4) is 11.3 Å². The molecule has 3 rings (SSSR count). The first-order valence-electron chi connectivity index (χ1n) is 5.89. The van der Waals surface area contributed by atoms with E-state index in [1.54, 1.807) is 6.92 Å². The number of benzene rings is 1. The highest BCUT2D eigenvalue weighted by Gasteiger charge is 2.25. The Balaban J connectivity index is 1.97. The Hall–Kier alpha value is -1.90. The van der Waals surface area contributed by atoms with Gasteiger partial charge in [-0.2, -0.15) is 0 Å². The Labute approximate surface area is 100 Å². The smallest absolute Gasteiger partial charge is 0.159 e. The van der Waals surface area contributed by atoms with E-state index in [1.165, 1.54) is 12.8 Å². The van der Waals surface area contributed by atoms with Crippen LogP contribution in [-0.4, -0.2) is 15.3 Å². The van der Waals surface area contributed by atoms with Gasteiger partial charge in [0, 0.05) is 11.6 Å². The van der Waals surface area contributed by atoms with Crippen LogP contribution >= 0.6 is 0 Å². The molecule has 0 amide bonds. The zero-order valence-electron chi connectivity index (χ0n) is 9.76. The normalized spacial score (nSPS) is 14.9. The van der Waals surface area contributed by atoms with E-state index in [2.05, 4.69) is 9.55 Å². The minimum atomic E-state index is 0.104. The van der Waals surface area contributed by atoms with Gasteiger partial charge in [-0.25, -0.2) is 4.98 Å². The average molecular weight is 226 g/mol. The highest BCUT2D eigenvalue weighted by atomic mass is 16.1. The van der Waals surface area contributed by atoms with E-state index in [-0.39, 0.29) is 5.78 Å². The van der Waals surface area contributed by atoms with E-state index in [0.717, 1.165) is 16.8 Å². The Morgan fingerprint density at radius 1 is 1.29 bits per heavy atom. The van der Waals surface area contributed by atoms with Gasteiger partial charge in [0.15, 0.2) is 5.78 Å². The van der Waals surface area contributed by atoms with Gasteiger partial charge >= 0.3 is 0 Å². The van der Waals surface area contributed by atoms with Gasteiger partial charge in [-0.15, -0.1) is 0 Å². The lowest BCUT2D eigenvalue weighted by Crippen LogP contribution is -1.95. The van der Waals surface area contributed by atoms with Crippen molar-refractivity contribution in [2.45, 2.75) is 25.8 Å². The number of ketones is 1. The van der Waals surface area contributed by atoms with Crippen molar-refractivity contribution in [3.63, 3.8) is 0 Å². The molecule has 86 valence electrons. The minimum Gasteiger partial charge on any atom is -0.328 e. The maximum Gasteiger partial charge on any atom is 0.159 e. The van der Waals surface area contributed by atoms with E-state index in [0.29, 0.717) is 6.04 Å². The summed E-state index contributed by atoms with van der Waals surface area (Å²) >= 11 is 0. The second-order valence-corrected chi connectivity index (χ2v) is 4.55. The Bertz CT molecular complexity index is 550. The third-order valence-electron chi connectivity index (χ3n) is 3.19. The number of nitrogens with zero attached hydrogens (tertiary/aromatic N) is 2. The predicted molar refractivity (Wildman–Crippen MR) is 65.9 cm³/mol. The molecule has 1 aliphatic carbocycles. The summed E-state index contributed by atoms with van der Waals surface area (Å²) in [5.41, 5.74) is 3.02. The molecule has 3 heteroatoms. The van der Waals surface area contributed by atoms with Crippen molar-refractivity contribution in [1.82, 2.24) is 9.55 Å². The van der Waals surface area contributed by atoms with Gasteiger partial charge in [0.1, 0.15) is 0 Å². The largest absolute Gasteiger partial charge is 0.328 e. The molecule has 3 nitrogen and oxygen atoms in total. The molecule has 0 atom stereocenters. The Kier molecular flexibility index (Phi) is 2.32. The van der Waals surface area contributed by atoms with Crippen LogP contribution in [0, 0.1) is 0 Å². The first kappa shape index (κ1) is 10.3. The molecule has 0 bridgehead atoms. The average Bonchev–Trinajstić information content (AvgIpc) is 3.07. The summed E-state index contributed by atoms with van der Waals surface area (Å²) in [7, 11) is 0. The predicted octanol–water partition coefficient (Wildman–Crippen LogP) is 3.09. The maximum absolute atomic E-state index is 11.2. The van der Waals surface area contributed by atoms with Crippen molar-refractivity contribution >= 4 is 5.78 Å². The van der Waals surface area contributed by atoms with Gasteiger partial charge in [-0.3, -0.25) is 4.79 Å². The second-order valence-electron chi connectivity index (χ2n) is 4.55. The molecule has 17 heavy (non-hydrogen) atoms. The molecule has 0 unspecified atom stereocenters. The number of rotatable bonds is 3. The lowest BCUT2D eigenvalue weighted by atomic mass is 10.1. The van der Waals surface area contributed by atoms with Crippen molar-refractivity contribution in [2.75, 3.05) is 0 Å². The van der Waals surface area contributed by atoms with Crippen molar-refractivity contribution in [2.24, 2.45) is 0 Å². The van der Waals surface area contributed by atoms with Gasteiger partial charge in [0.2, 0.25) is 0 Å². The van der Waals surface area contributed by atoms with Crippen LogP contribution in [0.25, 0.3) is 11.3 Å². The van der Waals surface area contributed by atoms with Crippen LogP contribution in [0.5, 0.6) is 0 Å².